The van der Waals surface area contributed by atoms with Gasteiger partial charge in [0.2, 0.25) is 0 Å². The number of rotatable bonds is 27. The monoisotopic (exact) mass is 641 g/mol. The number of benzene rings is 2. The van der Waals surface area contributed by atoms with Crippen LogP contribution < -0.4 is 0 Å². The van der Waals surface area contributed by atoms with Crippen molar-refractivity contribution in [2.24, 2.45) is 9.98 Å². The molecule has 0 radical (unpaired) electrons. The first-order valence-electron chi connectivity index (χ1n) is 20.2. The third-order valence-electron chi connectivity index (χ3n) is 9.29. The summed E-state index contributed by atoms with van der Waals surface area (Å²) >= 11 is 0. The molecule has 0 atom stereocenters. The van der Waals surface area contributed by atoms with E-state index in [1.54, 1.807) is 0 Å². The molecule has 0 aliphatic rings. The Balaban J connectivity index is 2.59. The van der Waals surface area contributed by atoms with E-state index in [0.29, 0.717) is 0 Å². The highest BCUT2D eigenvalue weighted by Gasteiger charge is 2.11. The number of aryl methyl sites for hydroxylation is 4. The van der Waals surface area contributed by atoms with Gasteiger partial charge in [0.1, 0.15) is 0 Å². The summed E-state index contributed by atoms with van der Waals surface area (Å²) in [5.41, 5.74) is 10.3. The Kier molecular flexibility index (Phi) is 22.9. The van der Waals surface area contributed by atoms with E-state index in [1.165, 1.54) is 125 Å². The number of hydrogen-bond acceptors (Lipinski definition) is 2. The van der Waals surface area contributed by atoms with Crippen molar-refractivity contribution >= 4 is 22.8 Å². The third-order valence-corrected chi connectivity index (χ3v) is 9.29. The lowest BCUT2D eigenvalue weighted by molar-refractivity contribution is 0.637. The Hall–Kier alpha value is -2.48. The maximum Gasteiger partial charge on any atom is 0.0848 e. The Morgan fingerprint density at radius 3 is 1.68 bits per heavy atom. The Labute approximate surface area is 292 Å². The molecule has 0 spiro atoms. The van der Waals surface area contributed by atoms with Gasteiger partial charge >= 0.3 is 0 Å². The largest absolute Gasteiger partial charge is 0.251 e. The molecule has 2 aromatic carbocycles. The molecule has 0 unspecified atom stereocenters. The van der Waals surface area contributed by atoms with Gasteiger partial charge in [-0.1, -0.05) is 130 Å². The zero-order valence-corrected chi connectivity index (χ0v) is 31.8. The van der Waals surface area contributed by atoms with Crippen molar-refractivity contribution in [2.45, 2.75) is 189 Å². The van der Waals surface area contributed by atoms with Crippen molar-refractivity contribution in [3.05, 3.63) is 70.8 Å². The van der Waals surface area contributed by atoms with Crippen LogP contribution in [0.2, 0.25) is 0 Å². The van der Waals surface area contributed by atoms with Crippen LogP contribution in [0.15, 0.2) is 58.5 Å². The van der Waals surface area contributed by atoms with E-state index >= 15 is 0 Å². The predicted molar refractivity (Wildman–Crippen MR) is 213 cm³/mol. The van der Waals surface area contributed by atoms with Gasteiger partial charge in [0.25, 0.3) is 0 Å². The fourth-order valence-electron chi connectivity index (χ4n) is 6.29. The number of allylic oxidation sites excluding steroid dienone is 2. The molecule has 0 bridgehead atoms. The molecule has 2 nitrogen and oxygen atoms in total. The van der Waals surface area contributed by atoms with Gasteiger partial charge in [0.05, 0.1) is 22.8 Å². The van der Waals surface area contributed by atoms with Crippen LogP contribution in [0.4, 0.5) is 11.4 Å². The summed E-state index contributed by atoms with van der Waals surface area (Å²) in [4.78, 5) is 10.9. The van der Waals surface area contributed by atoms with Crippen LogP contribution in [0.3, 0.4) is 0 Å². The van der Waals surface area contributed by atoms with E-state index in [9.17, 15) is 0 Å². The average Bonchev–Trinajstić information content (AvgIpc) is 3.08. The van der Waals surface area contributed by atoms with E-state index in [1.807, 2.05) is 0 Å². The second-order valence-corrected chi connectivity index (χ2v) is 13.8. The predicted octanol–water partition coefficient (Wildman–Crippen LogP) is 14.8. The summed E-state index contributed by atoms with van der Waals surface area (Å²) in [5.74, 6) is 0. The maximum absolute atomic E-state index is 5.46. The normalized spacial score (nSPS) is 12.5. The molecule has 0 saturated carbocycles. The van der Waals surface area contributed by atoms with E-state index in [4.69, 9.17) is 9.98 Å². The minimum absolute atomic E-state index is 0.956. The summed E-state index contributed by atoms with van der Waals surface area (Å²) in [6.07, 6.45) is 32.7. The second-order valence-electron chi connectivity index (χ2n) is 13.8. The maximum atomic E-state index is 5.46. The first kappa shape index (κ1) is 40.7. The fraction of sp³-hybridized carbons (Fsp3) is 0.644. The molecule has 0 aliphatic carbocycles. The van der Waals surface area contributed by atoms with Crippen LogP contribution >= 0.6 is 0 Å². The summed E-state index contributed by atoms with van der Waals surface area (Å²) in [5, 5.41) is 0. The molecule has 0 aliphatic heterocycles. The highest BCUT2D eigenvalue weighted by Crippen LogP contribution is 2.26. The summed E-state index contributed by atoms with van der Waals surface area (Å²) in [6, 6.07) is 14.2. The number of hydrogen-bond donors (Lipinski definition) is 0. The molecule has 0 saturated heterocycles. The van der Waals surface area contributed by atoms with E-state index in [2.05, 4.69) is 90.1 Å². The van der Waals surface area contributed by atoms with Crippen LogP contribution in [-0.4, -0.2) is 11.4 Å². The quantitative estimate of drug-likeness (QED) is 0.0685. The van der Waals surface area contributed by atoms with Gasteiger partial charge in [0, 0.05) is 0 Å². The Morgan fingerprint density at radius 2 is 1.06 bits per heavy atom. The lowest BCUT2D eigenvalue weighted by Gasteiger charge is -2.13. The minimum Gasteiger partial charge on any atom is -0.251 e. The van der Waals surface area contributed by atoms with Crippen molar-refractivity contribution in [1.29, 1.82) is 0 Å². The molecule has 2 rings (SSSR count). The molecule has 0 amide bonds. The van der Waals surface area contributed by atoms with E-state index in [-0.39, 0.29) is 0 Å². The molecule has 2 heteroatoms. The van der Waals surface area contributed by atoms with Crippen LogP contribution in [0.1, 0.15) is 186 Å². The molecule has 0 N–H and O–H groups in total. The fourth-order valence-corrected chi connectivity index (χ4v) is 6.29. The summed E-state index contributed by atoms with van der Waals surface area (Å²) in [7, 11) is 0. The van der Waals surface area contributed by atoms with Crippen molar-refractivity contribution < 1.29 is 0 Å². The third kappa shape index (κ3) is 17.5. The molecule has 0 aromatic heterocycles. The van der Waals surface area contributed by atoms with E-state index in [0.717, 1.165) is 67.7 Å². The molecule has 262 valence electrons. The average molecular weight is 641 g/mol. The minimum atomic E-state index is 0.956. The molecule has 47 heavy (non-hydrogen) atoms. The zero-order valence-electron chi connectivity index (χ0n) is 31.8. The summed E-state index contributed by atoms with van der Waals surface area (Å²) < 4.78 is 0. The molecule has 0 heterocycles. The number of unbranched alkanes of at least 4 members (excludes halogenated alkanes) is 12. The smallest absolute Gasteiger partial charge is 0.0848 e. The molecular formula is C45H72N2. The molecular weight excluding hydrogens is 569 g/mol. The van der Waals surface area contributed by atoms with Crippen molar-refractivity contribution in [1.82, 2.24) is 0 Å². The van der Waals surface area contributed by atoms with Crippen molar-refractivity contribution in [3.63, 3.8) is 0 Å². The Bertz CT molecular complexity index is 1160. The first-order valence-corrected chi connectivity index (χ1v) is 20.2. The van der Waals surface area contributed by atoms with Gasteiger partial charge in [-0.25, -0.2) is 4.99 Å². The van der Waals surface area contributed by atoms with Crippen LogP contribution in [0.25, 0.3) is 0 Å². The van der Waals surface area contributed by atoms with Crippen LogP contribution in [-0.2, 0) is 25.7 Å². The highest BCUT2D eigenvalue weighted by atomic mass is 14.8. The first-order chi connectivity index (χ1) is 23.1. The number of aliphatic imine (C=N–C) groups is 2. The van der Waals surface area contributed by atoms with Gasteiger partial charge < -0.3 is 0 Å². The summed E-state index contributed by atoms with van der Waals surface area (Å²) in [6.45, 7) is 13.8. The van der Waals surface area contributed by atoms with Gasteiger partial charge in [-0.3, -0.25) is 4.99 Å². The van der Waals surface area contributed by atoms with Gasteiger partial charge in [-0.2, -0.15) is 0 Å². The highest BCUT2D eigenvalue weighted by molar-refractivity contribution is 6.47. The van der Waals surface area contributed by atoms with Gasteiger partial charge in [-0.15, -0.1) is 0 Å². The van der Waals surface area contributed by atoms with Crippen LogP contribution in [0.5, 0.6) is 0 Å². The topological polar surface area (TPSA) is 24.7 Å². The Morgan fingerprint density at radius 1 is 0.489 bits per heavy atom. The SMILES string of the molecule is CCCCCCC/C=C/C(=Nc1cc(CCCCC)cc(CCCCC)c1)C(CCCC)=Nc1ccc(CCCC)c(CCCC)c1. The number of nitrogens with zero attached hydrogens (tertiary/aromatic N) is 2. The molecule has 0 fully saturated rings. The standard InChI is InChI=1S/C45H72N2/c1-7-13-19-20-21-22-25-31-45(47-43-35-38(26-23-14-8-2)34-39(36-43)27-24-15-9-3)44(30-18-12-6)46-42-33-32-40(28-16-10-4)41(37-42)29-17-11-5/h25,31-37H,7-24,26-30H2,1-6H3/b31-25+,46-44?,47-45?. The van der Waals surface area contributed by atoms with Crippen molar-refractivity contribution in [3.8, 4) is 0 Å². The lowest BCUT2D eigenvalue weighted by Crippen LogP contribution is -2.12. The van der Waals surface area contributed by atoms with Gasteiger partial charge in [0.15, 0.2) is 0 Å². The molecule has 2 aromatic rings. The van der Waals surface area contributed by atoms with Crippen molar-refractivity contribution in [2.75, 3.05) is 0 Å². The van der Waals surface area contributed by atoms with Gasteiger partial charge in [-0.05, 0) is 130 Å². The lowest BCUT2D eigenvalue weighted by atomic mass is 9.97. The van der Waals surface area contributed by atoms with Crippen LogP contribution in [0, 0.1) is 0 Å². The second kappa shape index (κ2) is 26.5. The zero-order chi connectivity index (χ0) is 34.0. The van der Waals surface area contributed by atoms with E-state index < -0.39 is 0 Å².